The number of halogens is 3. The van der Waals surface area contributed by atoms with Crippen molar-refractivity contribution >= 4 is 27.3 Å². The molecule has 3 aromatic rings. The zero-order valence-corrected chi connectivity index (χ0v) is 17.9. The van der Waals surface area contributed by atoms with E-state index in [4.69, 9.17) is 5.26 Å². The number of carbonyl (C=O) groups excluding carboxylic acids is 1. The van der Waals surface area contributed by atoms with Crippen molar-refractivity contribution in [2.45, 2.75) is 23.9 Å². The van der Waals surface area contributed by atoms with Crippen LogP contribution in [0.1, 0.15) is 23.1 Å². The van der Waals surface area contributed by atoms with Crippen LogP contribution in [0, 0.1) is 11.3 Å². The van der Waals surface area contributed by atoms with Crippen molar-refractivity contribution in [2.75, 3.05) is 10.0 Å². The molecule has 0 aliphatic carbocycles. The maximum Gasteiger partial charge on any atom is 0.416 e. The summed E-state index contributed by atoms with van der Waals surface area (Å²) in [7, 11) is -4.19. The smallest absolute Gasteiger partial charge is 0.326 e. The van der Waals surface area contributed by atoms with E-state index in [9.17, 15) is 26.4 Å². The van der Waals surface area contributed by atoms with E-state index in [1.165, 1.54) is 30.3 Å². The van der Waals surface area contributed by atoms with Crippen LogP contribution in [-0.4, -0.2) is 14.3 Å². The van der Waals surface area contributed by atoms with E-state index in [0.717, 1.165) is 17.7 Å². The average molecular weight is 473 g/mol. The normalized spacial score (nSPS) is 11.5. The van der Waals surface area contributed by atoms with Crippen molar-refractivity contribution < 1.29 is 26.4 Å². The molecule has 2 N–H and O–H groups in total. The van der Waals surface area contributed by atoms with E-state index >= 15 is 0 Å². The zero-order valence-electron chi connectivity index (χ0n) is 17.1. The standard InChI is InChI=1S/C23H18F3N3O3S/c24-23(25,26)18-3-1-5-20(13-18)29-33(31,32)21-6-2-4-19(14-21)28-22(30)12-11-16-7-9-17(15-27)10-8-16/h1-10,13-14,29H,11-12H2,(H,28,30). The van der Waals surface area contributed by atoms with E-state index in [2.05, 4.69) is 10.0 Å². The van der Waals surface area contributed by atoms with Crippen molar-refractivity contribution in [2.24, 2.45) is 0 Å². The highest BCUT2D eigenvalue weighted by molar-refractivity contribution is 7.92. The molecule has 0 bridgehead atoms. The van der Waals surface area contributed by atoms with Crippen LogP contribution >= 0.6 is 0 Å². The molecular weight excluding hydrogens is 455 g/mol. The third-order valence-corrected chi connectivity index (χ3v) is 5.97. The van der Waals surface area contributed by atoms with Gasteiger partial charge in [0.05, 0.1) is 22.1 Å². The highest BCUT2D eigenvalue weighted by atomic mass is 32.2. The molecule has 170 valence electrons. The van der Waals surface area contributed by atoms with Gasteiger partial charge in [-0.05, 0) is 60.5 Å². The maximum atomic E-state index is 12.9. The van der Waals surface area contributed by atoms with Gasteiger partial charge >= 0.3 is 6.18 Å². The first kappa shape index (κ1) is 23.8. The number of nitrogens with one attached hydrogen (secondary N) is 2. The van der Waals surface area contributed by atoms with Crippen LogP contribution in [0.5, 0.6) is 0 Å². The third-order valence-electron chi connectivity index (χ3n) is 4.59. The minimum Gasteiger partial charge on any atom is -0.326 e. The summed E-state index contributed by atoms with van der Waals surface area (Å²) in [5, 5.41) is 11.4. The number of sulfonamides is 1. The number of benzene rings is 3. The SMILES string of the molecule is N#Cc1ccc(CCC(=O)Nc2cccc(S(=O)(=O)Nc3cccc(C(F)(F)F)c3)c2)cc1. The summed E-state index contributed by atoms with van der Waals surface area (Å²) in [5.41, 5.74) is 0.394. The molecule has 6 nitrogen and oxygen atoms in total. The van der Waals surface area contributed by atoms with Gasteiger partial charge < -0.3 is 5.32 Å². The molecule has 0 spiro atoms. The largest absolute Gasteiger partial charge is 0.416 e. The van der Waals surface area contributed by atoms with Crippen LogP contribution in [0.25, 0.3) is 0 Å². The van der Waals surface area contributed by atoms with Gasteiger partial charge in [0.25, 0.3) is 10.0 Å². The molecule has 33 heavy (non-hydrogen) atoms. The van der Waals surface area contributed by atoms with Gasteiger partial charge in [-0.1, -0.05) is 24.3 Å². The van der Waals surface area contributed by atoms with Crippen molar-refractivity contribution in [3.8, 4) is 6.07 Å². The highest BCUT2D eigenvalue weighted by Crippen LogP contribution is 2.31. The van der Waals surface area contributed by atoms with Crippen LogP contribution in [0.15, 0.2) is 77.7 Å². The van der Waals surface area contributed by atoms with E-state index in [0.29, 0.717) is 18.1 Å². The lowest BCUT2D eigenvalue weighted by atomic mass is 10.1. The Bertz CT molecular complexity index is 1300. The predicted octanol–water partition coefficient (Wildman–Crippen LogP) is 4.95. The van der Waals surface area contributed by atoms with Gasteiger partial charge in [0.1, 0.15) is 0 Å². The van der Waals surface area contributed by atoms with Crippen LogP contribution in [0.2, 0.25) is 0 Å². The van der Waals surface area contributed by atoms with Crippen molar-refractivity contribution in [1.82, 2.24) is 0 Å². The number of amides is 1. The van der Waals surface area contributed by atoms with Gasteiger partial charge in [-0.2, -0.15) is 18.4 Å². The maximum absolute atomic E-state index is 12.9. The molecule has 0 radical (unpaired) electrons. The Morgan fingerprint density at radius 3 is 2.27 bits per heavy atom. The lowest BCUT2D eigenvalue weighted by molar-refractivity contribution is -0.137. The van der Waals surface area contributed by atoms with Gasteiger partial charge in [-0.15, -0.1) is 0 Å². The van der Waals surface area contributed by atoms with Gasteiger partial charge in [0.15, 0.2) is 0 Å². The molecule has 0 saturated carbocycles. The van der Waals surface area contributed by atoms with E-state index < -0.39 is 21.8 Å². The molecule has 1 amide bonds. The van der Waals surface area contributed by atoms with Gasteiger partial charge in [-0.25, -0.2) is 8.42 Å². The van der Waals surface area contributed by atoms with E-state index in [1.54, 1.807) is 24.3 Å². The average Bonchev–Trinajstić information content (AvgIpc) is 2.77. The van der Waals surface area contributed by atoms with Crippen LogP contribution < -0.4 is 10.0 Å². The van der Waals surface area contributed by atoms with Crippen LogP contribution in [0.4, 0.5) is 24.5 Å². The molecule has 0 atom stereocenters. The Hall–Kier alpha value is -3.84. The third kappa shape index (κ3) is 6.57. The van der Waals surface area contributed by atoms with Gasteiger partial charge in [-0.3, -0.25) is 9.52 Å². The minimum absolute atomic E-state index is 0.130. The highest BCUT2D eigenvalue weighted by Gasteiger charge is 2.30. The number of anilines is 2. The summed E-state index contributed by atoms with van der Waals surface area (Å²) in [6.07, 6.45) is -4.05. The van der Waals surface area contributed by atoms with Gasteiger partial charge in [0, 0.05) is 17.8 Å². The monoisotopic (exact) mass is 473 g/mol. The quantitative estimate of drug-likeness (QED) is 0.507. The second kappa shape index (κ2) is 9.75. The summed E-state index contributed by atoms with van der Waals surface area (Å²) >= 11 is 0. The number of nitrogens with zero attached hydrogens (tertiary/aromatic N) is 1. The van der Waals surface area contributed by atoms with Crippen LogP contribution in [-0.2, 0) is 27.4 Å². The summed E-state index contributed by atoms with van der Waals surface area (Å²) in [6, 6.07) is 18.1. The number of alkyl halides is 3. The number of hydrogen-bond acceptors (Lipinski definition) is 4. The molecule has 0 aliphatic rings. The summed E-state index contributed by atoms with van der Waals surface area (Å²) in [4.78, 5) is 12.0. The van der Waals surface area contributed by atoms with Crippen molar-refractivity contribution in [3.05, 3.63) is 89.5 Å². The number of aryl methyl sites for hydroxylation is 1. The molecule has 3 rings (SSSR count). The Morgan fingerprint density at radius 1 is 0.939 bits per heavy atom. The summed E-state index contributed by atoms with van der Waals surface area (Å²) in [6.45, 7) is 0. The summed E-state index contributed by atoms with van der Waals surface area (Å²) < 4.78 is 66.0. The first-order valence-corrected chi connectivity index (χ1v) is 11.1. The molecule has 10 heteroatoms. The molecule has 0 aliphatic heterocycles. The Morgan fingerprint density at radius 2 is 1.61 bits per heavy atom. The lowest BCUT2D eigenvalue weighted by Gasteiger charge is -2.12. The molecule has 3 aromatic carbocycles. The van der Waals surface area contributed by atoms with E-state index in [1.807, 2.05) is 6.07 Å². The second-order valence-corrected chi connectivity index (χ2v) is 8.75. The summed E-state index contributed by atoms with van der Waals surface area (Å²) in [5.74, 6) is -0.347. The van der Waals surface area contributed by atoms with Gasteiger partial charge in [0.2, 0.25) is 5.91 Å². The minimum atomic E-state index is -4.61. The number of hydrogen-bond donors (Lipinski definition) is 2. The Balaban J connectivity index is 1.66. The van der Waals surface area contributed by atoms with Crippen LogP contribution in [0.3, 0.4) is 0 Å². The molecule has 0 unspecified atom stereocenters. The molecule has 0 fully saturated rings. The fourth-order valence-corrected chi connectivity index (χ4v) is 4.04. The molecular formula is C23H18F3N3O3S. The molecule has 0 heterocycles. The topological polar surface area (TPSA) is 99.1 Å². The Kier molecular flexibility index (Phi) is 7.04. The molecule has 0 aromatic heterocycles. The van der Waals surface area contributed by atoms with Crippen molar-refractivity contribution in [3.63, 3.8) is 0 Å². The molecule has 0 saturated heterocycles. The number of rotatable bonds is 7. The first-order chi connectivity index (χ1) is 15.6. The lowest BCUT2D eigenvalue weighted by Crippen LogP contribution is -2.16. The van der Waals surface area contributed by atoms with Crippen molar-refractivity contribution in [1.29, 1.82) is 5.26 Å². The zero-order chi connectivity index (χ0) is 24.1. The predicted molar refractivity (Wildman–Crippen MR) is 117 cm³/mol. The fourth-order valence-electron chi connectivity index (χ4n) is 2.94. The second-order valence-electron chi connectivity index (χ2n) is 7.07. The number of nitriles is 1. The number of carbonyl (C=O) groups is 1. The van der Waals surface area contributed by atoms with E-state index in [-0.39, 0.29) is 28.6 Å². The fraction of sp³-hybridized carbons (Fsp3) is 0.130. The first-order valence-electron chi connectivity index (χ1n) is 9.66. The Labute approximate surface area is 188 Å².